The van der Waals surface area contributed by atoms with Crippen LogP contribution in [0.4, 0.5) is 26.2 Å². The summed E-state index contributed by atoms with van der Waals surface area (Å²) >= 11 is 0.374. The molecule has 3 aromatic heterocycles. The Morgan fingerprint density at radius 2 is 1.88 bits per heavy atom. The Kier molecular flexibility index (Phi) is 6.08. The molecular weight excluding hydrogens is 487 g/mol. The minimum Gasteiger partial charge on any atom is -0.388 e. The molecule has 34 heavy (non-hydrogen) atoms. The molecule has 14 heteroatoms. The van der Waals surface area contributed by atoms with Gasteiger partial charge in [0, 0.05) is 24.3 Å². The van der Waals surface area contributed by atoms with Crippen molar-refractivity contribution in [2.24, 2.45) is 5.18 Å². The van der Waals surface area contributed by atoms with Crippen LogP contribution in [0.25, 0.3) is 16.6 Å². The van der Waals surface area contributed by atoms with E-state index in [1.165, 1.54) is 24.5 Å². The van der Waals surface area contributed by atoms with Crippen molar-refractivity contribution in [3.05, 3.63) is 75.3 Å². The number of sulfonamides is 1. The molecule has 0 atom stereocenters. The first-order valence-electron chi connectivity index (χ1n) is 9.48. The summed E-state index contributed by atoms with van der Waals surface area (Å²) in [6.45, 7) is 0. The Hall–Kier alpha value is -4.17. The number of pyridine rings is 2. The fourth-order valence-corrected chi connectivity index (χ4v) is 5.00. The zero-order valence-electron chi connectivity index (χ0n) is 17.3. The first kappa shape index (κ1) is 23.0. The van der Waals surface area contributed by atoms with E-state index in [1.54, 1.807) is 30.0 Å². The third-order valence-corrected chi connectivity index (χ3v) is 7.37. The second kappa shape index (κ2) is 8.99. The maximum absolute atomic E-state index is 13.1. The summed E-state index contributed by atoms with van der Waals surface area (Å²) in [5.74, 6) is 0.141. The van der Waals surface area contributed by atoms with Crippen LogP contribution in [0.1, 0.15) is 0 Å². The molecule has 4 rings (SSSR count). The van der Waals surface area contributed by atoms with Crippen LogP contribution in [0.5, 0.6) is 0 Å². The molecule has 174 valence electrons. The molecule has 0 aliphatic rings. The van der Waals surface area contributed by atoms with Gasteiger partial charge in [0.05, 0.1) is 17.3 Å². The minimum absolute atomic E-state index is 0.0327. The number of carbonyl (C=O) groups excluding carboxylic acids is 1. The van der Waals surface area contributed by atoms with Gasteiger partial charge in [-0.25, -0.2) is 22.9 Å². The zero-order valence-corrected chi connectivity index (χ0v) is 18.9. The standard InChI is InChI=1S/C20H15FN6O5S2/c1-22-11-2-4-13-14(8-11)15(25-30)10-27(19(13)28)17-6-3-12(9-23-17)24-20(29)26-34(31,32)18-7-5-16(21)33-18/h2-10,22H,1H3,(H2,24,26,29). The molecule has 0 unspecified atom stereocenters. The minimum atomic E-state index is -4.24. The molecule has 0 saturated heterocycles. The third kappa shape index (κ3) is 4.49. The van der Waals surface area contributed by atoms with Gasteiger partial charge in [-0.05, 0) is 47.6 Å². The topological polar surface area (TPSA) is 152 Å². The first-order valence-corrected chi connectivity index (χ1v) is 11.8. The first-order chi connectivity index (χ1) is 16.2. The molecule has 1 aromatic carbocycles. The van der Waals surface area contributed by atoms with Crippen LogP contribution in [-0.2, 0) is 10.0 Å². The number of benzene rings is 1. The summed E-state index contributed by atoms with van der Waals surface area (Å²) in [6, 6.07) is 8.58. The normalized spacial score (nSPS) is 11.2. The summed E-state index contributed by atoms with van der Waals surface area (Å²) in [4.78, 5) is 40.5. The molecule has 0 bridgehead atoms. The van der Waals surface area contributed by atoms with Crippen LogP contribution in [0.15, 0.2) is 69.0 Å². The fraction of sp³-hybridized carbons (Fsp3) is 0.0500. The highest BCUT2D eigenvalue weighted by Crippen LogP contribution is 2.27. The van der Waals surface area contributed by atoms with Crippen molar-refractivity contribution in [1.29, 1.82) is 0 Å². The van der Waals surface area contributed by atoms with Gasteiger partial charge >= 0.3 is 6.03 Å². The highest BCUT2D eigenvalue weighted by atomic mass is 32.2. The number of rotatable bonds is 6. The van der Waals surface area contributed by atoms with Crippen molar-refractivity contribution in [1.82, 2.24) is 14.3 Å². The maximum Gasteiger partial charge on any atom is 0.333 e. The van der Waals surface area contributed by atoms with Crippen LogP contribution in [-0.4, -0.2) is 31.0 Å². The van der Waals surface area contributed by atoms with Crippen molar-refractivity contribution in [2.75, 3.05) is 17.7 Å². The Balaban J connectivity index is 1.58. The molecular formula is C20H15FN6O5S2. The van der Waals surface area contributed by atoms with E-state index >= 15 is 0 Å². The van der Waals surface area contributed by atoms with Crippen molar-refractivity contribution < 1.29 is 17.6 Å². The predicted octanol–water partition coefficient (Wildman–Crippen LogP) is 3.54. The predicted molar refractivity (Wildman–Crippen MR) is 126 cm³/mol. The van der Waals surface area contributed by atoms with Crippen LogP contribution in [0.2, 0.25) is 0 Å². The molecule has 4 aromatic rings. The number of urea groups is 1. The Bertz CT molecular complexity index is 1580. The number of hydrogen-bond acceptors (Lipinski definition) is 9. The second-order valence-electron chi connectivity index (χ2n) is 6.81. The monoisotopic (exact) mass is 502 g/mol. The van der Waals surface area contributed by atoms with Gasteiger partial charge in [0.15, 0.2) is 5.13 Å². The SMILES string of the molecule is CNc1ccc2c(=O)n(-c3ccc(NC(=O)NS(=O)(=O)c4ccc(F)s4)cn3)cc(N=O)c2c1. The highest BCUT2D eigenvalue weighted by Gasteiger charge is 2.20. The molecule has 0 saturated carbocycles. The van der Waals surface area contributed by atoms with Crippen LogP contribution >= 0.6 is 11.3 Å². The van der Waals surface area contributed by atoms with E-state index in [-0.39, 0.29) is 26.8 Å². The maximum atomic E-state index is 13.1. The summed E-state index contributed by atoms with van der Waals surface area (Å²) in [5.41, 5.74) is 0.415. The van der Waals surface area contributed by atoms with Gasteiger partial charge in [-0.2, -0.15) is 4.39 Å². The number of halogens is 1. The summed E-state index contributed by atoms with van der Waals surface area (Å²) in [5, 5.41) is 8.15. The lowest BCUT2D eigenvalue weighted by atomic mass is 10.1. The van der Waals surface area contributed by atoms with Gasteiger partial charge < -0.3 is 10.6 Å². The number of nitroso groups, excluding NO2 is 1. The van der Waals surface area contributed by atoms with Crippen molar-refractivity contribution in [2.45, 2.75) is 4.21 Å². The smallest absolute Gasteiger partial charge is 0.333 e. The van der Waals surface area contributed by atoms with Crippen molar-refractivity contribution in [3.63, 3.8) is 0 Å². The van der Waals surface area contributed by atoms with Crippen molar-refractivity contribution in [3.8, 4) is 5.82 Å². The number of thiophene rings is 1. The number of fused-ring (bicyclic) bond motifs is 1. The van der Waals surface area contributed by atoms with E-state index in [2.05, 4.69) is 20.8 Å². The number of carbonyl (C=O) groups is 1. The van der Waals surface area contributed by atoms with Gasteiger partial charge in [-0.1, -0.05) is 11.3 Å². The Morgan fingerprint density at radius 3 is 2.50 bits per heavy atom. The largest absolute Gasteiger partial charge is 0.388 e. The Labute approximate surface area is 195 Å². The molecule has 0 spiro atoms. The molecule has 11 nitrogen and oxygen atoms in total. The molecule has 0 radical (unpaired) electrons. The van der Waals surface area contributed by atoms with Crippen LogP contribution < -0.4 is 20.9 Å². The molecule has 0 aliphatic carbocycles. The van der Waals surface area contributed by atoms with E-state index in [4.69, 9.17) is 0 Å². The van der Waals surface area contributed by atoms with Gasteiger partial charge in [0.25, 0.3) is 15.6 Å². The van der Waals surface area contributed by atoms with E-state index in [9.17, 15) is 27.3 Å². The van der Waals surface area contributed by atoms with Crippen molar-refractivity contribution >= 4 is 55.2 Å². The summed E-state index contributed by atoms with van der Waals surface area (Å²) < 4.78 is 39.8. The molecule has 3 heterocycles. The molecule has 0 fully saturated rings. The lowest BCUT2D eigenvalue weighted by Crippen LogP contribution is -2.34. The van der Waals surface area contributed by atoms with E-state index < -0.39 is 26.7 Å². The van der Waals surface area contributed by atoms with Crippen LogP contribution in [0, 0.1) is 10.0 Å². The van der Waals surface area contributed by atoms with E-state index in [1.807, 2.05) is 0 Å². The fourth-order valence-electron chi connectivity index (χ4n) is 3.09. The molecule has 3 N–H and O–H groups in total. The average Bonchev–Trinajstić information content (AvgIpc) is 3.27. The number of nitrogens with one attached hydrogen (secondary N) is 3. The zero-order chi connectivity index (χ0) is 24.5. The summed E-state index contributed by atoms with van der Waals surface area (Å²) in [6.07, 6.45) is 2.45. The lowest BCUT2D eigenvalue weighted by molar-refractivity contribution is 0.256. The average molecular weight is 503 g/mol. The second-order valence-corrected chi connectivity index (χ2v) is 9.76. The molecule has 0 aliphatic heterocycles. The Morgan fingerprint density at radius 1 is 1.12 bits per heavy atom. The number of anilines is 2. The third-order valence-electron chi connectivity index (χ3n) is 4.68. The van der Waals surface area contributed by atoms with Gasteiger partial charge in [-0.15, -0.1) is 4.91 Å². The number of hydrogen-bond donors (Lipinski definition) is 3. The van der Waals surface area contributed by atoms with Crippen LogP contribution in [0.3, 0.4) is 0 Å². The van der Waals surface area contributed by atoms with E-state index in [0.717, 1.165) is 16.7 Å². The number of aromatic nitrogens is 2. The number of amides is 2. The number of nitrogens with zero attached hydrogens (tertiary/aromatic N) is 3. The van der Waals surface area contributed by atoms with Gasteiger partial charge in [0.2, 0.25) is 0 Å². The van der Waals surface area contributed by atoms with Gasteiger partial charge in [0.1, 0.15) is 15.7 Å². The van der Waals surface area contributed by atoms with E-state index in [0.29, 0.717) is 22.4 Å². The summed E-state index contributed by atoms with van der Waals surface area (Å²) in [7, 11) is -2.54. The molecule has 2 amide bonds. The quantitative estimate of drug-likeness (QED) is 0.341. The lowest BCUT2D eigenvalue weighted by Gasteiger charge is -2.11. The highest BCUT2D eigenvalue weighted by molar-refractivity contribution is 7.92. The van der Waals surface area contributed by atoms with Gasteiger partial charge in [-0.3, -0.25) is 9.36 Å².